The topological polar surface area (TPSA) is 41.0 Å². The molecule has 1 saturated heterocycles. The van der Waals surface area contributed by atoms with Crippen molar-refractivity contribution in [2.75, 3.05) is 25.0 Å². The molecule has 1 aliphatic carbocycles. The minimum atomic E-state index is 0.763. The van der Waals surface area contributed by atoms with Gasteiger partial charge in [-0.1, -0.05) is 18.6 Å². The summed E-state index contributed by atoms with van der Waals surface area (Å²) in [4.78, 5) is 11.5. The van der Waals surface area contributed by atoms with Crippen LogP contribution in [-0.2, 0) is 6.54 Å². The number of anilines is 1. The van der Waals surface area contributed by atoms with E-state index >= 15 is 0 Å². The number of pyridine rings is 2. The van der Waals surface area contributed by atoms with E-state index in [1.807, 2.05) is 30.6 Å². The van der Waals surface area contributed by atoms with Crippen molar-refractivity contribution >= 4 is 5.82 Å². The van der Waals surface area contributed by atoms with E-state index in [0.29, 0.717) is 0 Å². The predicted octanol–water partition coefficient (Wildman–Crippen LogP) is 3.44. The number of nitrogens with one attached hydrogen (secondary N) is 1. The zero-order chi connectivity index (χ0) is 16.2. The number of hydrogen-bond donors (Lipinski definition) is 1. The molecule has 1 aliphatic heterocycles. The van der Waals surface area contributed by atoms with Gasteiger partial charge in [0.2, 0.25) is 0 Å². The summed E-state index contributed by atoms with van der Waals surface area (Å²) in [5.74, 6) is 3.44. The lowest BCUT2D eigenvalue weighted by atomic mass is 9.74. The van der Waals surface area contributed by atoms with Crippen LogP contribution in [0, 0.1) is 17.8 Å². The average molecular weight is 322 g/mol. The molecule has 0 amide bonds. The van der Waals surface area contributed by atoms with E-state index in [1.165, 1.54) is 38.0 Å². The zero-order valence-electron chi connectivity index (χ0n) is 14.1. The number of aromatic nitrogens is 2. The Hall–Kier alpha value is -1.94. The highest BCUT2D eigenvalue weighted by Gasteiger charge is 2.39. The molecule has 1 saturated carbocycles. The molecule has 4 rings (SSSR count). The Kier molecular flexibility index (Phi) is 4.74. The molecule has 126 valence electrons. The van der Waals surface area contributed by atoms with Crippen molar-refractivity contribution in [2.45, 2.75) is 25.8 Å². The summed E-state index contributed by atoms with van der Waals surface area (Å²) in [7, 11) is 0. The van der Waals surface area contributed by atoms with Crippen LogP contribution >= 0.6 is 0 Å². The Labute approximate surface area is 144 Å². The predicted molar refractivity (Wildman–Crippen MR) is 96.6 cm³/mol. The Balaban J connectivity index is 1.36. The van der Waals surface area contributed by atoms with Gasteiger partial charge in [-0.3, -0.25) is 9.88 Å². The van der Waals surface area contributed by atoms with Crippen molar-refractivity contribution in [3.8, 4) is 0 Å². The molecule has 1 N–H and O–H groups in total. The van der Waals surface area contributed by atoms with Gasteiger partial charge in [-0.2, -0.15) is 0 Å². The van der Waals surface area contributed by atoms with Crippen LogP contribution in [0.2, 0.25) is 0 Å². The highest BCUT2D eigenvalue weighted by Crippen LogP contribution is 2.40. The number of hydrogen-bond acceptors (Lipinski definition) is 4. The fourth-order valence-electron chi connectivity index (χ4n) is 4.49. The molecular formula is C20H26N4. The summed E-state index contributed by atoms with van der Waals surface area (Å²) in [5.41, 5.74) is 1.19. The van der Waals surface area contributed by atoms with Crippen LogP contribution in [0.25, 0.3) is 0 Å². The maximum Gasteiger partial charge on any atom is 0.125 e. The Morgan fingerprint density at radius 1 is 1.00 bits per heavy atom. The van der Waals surface area contributed by atoms with Crippen molar-refractivity contribution in [3.63, 3.8) is 0 Å². The summed E-state index contributed by atoms with van der Waals surface area (Å²) in [5, 5.41) is 3.55. The van der Waals surface area contributed by atoms with Gasteiger partial charge in [0.1, 0.15) is 5.82 Å². The Morgan fingerprint density at radius 3 is 2.67 bits per heavy atom. The van der Waals surface area contributed by atoms with E-state index in [1.54, 1.807) is 0 Å². The average Bonchev–Trinajstić information content (AvgIpc) is 3.04. The number of nitrogens with zero attached hydrogens (tertiary/aromatic N) is 3. The van der Waals surface area contributed by atoms with Crippen LogP contribution in [0.5, 0.6) is 0 Å². The molecule has 0 aromatic carbocycles. The van der Waals surface area contributed by atoms with Crippen LogP contribution < -0.4 is 5.32 Å². The number of likely N-dealkylation sites (tertiary alicyclic amines) is 1. The van der Waals surface area contributed by atoms with Gasteiger partial charge in [-0.05, 0) is 54.9 Å². The third-order valence-electron chi connectivity index (χ3n) is 5.64. The molecule has 4 nitrogen and oxygen atoms in total. The first-order chi connectivity index (χ1) is 11.9. The SMILES string of the molecule is c1ccc(CN2C[C@H]3CCC[C@@H](CNc4ccccn4)[C@H]3C2)nc1. The highest BCUT2D eigenvalue weighted by atomic mass is 15.2. The lowest BCUT2D eigenvalue weighted by Gasteiger charge is -2.33. The monoisotopic (exact) mass is 322 g/mol. The van der Waals surface area contributed by atoms with Crippen molar-refractivity contribution in [1.29, 1.82) is 0 Å². The van der Waals surface area contributed by atoms with Crippen LogP contribution in [0.1, 0.15) is 25.0 Å². The molecule has 2 aromatic rings. The van der Waals surface area contributed by atoms with Gasteiger partial charge in [0.15, 0.2) is 0 Å². The first kappa shape index (κ1) is 15.6. The third-order valence-corrected chi connectivity index (χ3v) is 5.64. The van der Waals surface area contributed by atoms with Gasteiger partial charge in [-0.15, -0.1) is 0 Å². The first-order valence-electron chi connectivity index (χ1n) is 9.15. The maximum atomic E-state index is 4.49. The summed E-state index contributed by atoms with van der Waals surface area (Å²) in [6.45, 7) is 4.50. The second-order valence-electron chi connectivity index (χ2n) is 7.23. The van der Waals surface area contributed by atoms with Gasteiger partial charge in [0.05, 0.1) is 5.69 Å². The first-order valence-corrected chi connectivity index (χ1v) is 9.15. The second kappa shape index (κ2) is 7.31. The summed E-state index contributed by atoms with van der Waals surface area (Å²) < 4.78 is 0. The molecule has 0 spiro atoms. The molecule has 0 bridgehead atoms. The van der Waals surface area contributed by atoms with Gasteiger partial charge in [0.25, 0.3) is 0 Å². The van der Waals surface area contributed by atoms with E-state index < -0.39 is 0 Å². The molecule has 2 aliphatic rings. The number of fused-ring (bicyclic) bond motifs is 1. The quantitative estimate of drug-likeness (QED) is 0.915. The lowest BCUT2D eigenvalue weighted by molar-refractivity contribution is 0.207. The molecule has 0 unspecified atom stereocenters. The molecule has 0 radical (unpaired) electrons. The Morgan fingerprint density at radius 2 is 1.88 bits per heavy atom. The molecule has 2 aromatic heterocycles. The van der Waals surface area contributed by atoms with E-state index in [-0.39, 0.29) is 0 Å². The van der Waals surface area contributed by atoms with Crippen molar-refractivity contribution in [2.24, 2.45) is 17.8 Å². The molecule has 4 heteroatoms. The van der Waals surface area contributed by atoms with E-state index in [4.69, 9.17) is 0 Å². The van der Waals surface area contributed by atoms with Crippen molar-refractivity contribution in [3.05, 3.63) is 54.5 Å². The second-order valence-corrected chi connectivity index (χ2v) is 7.23. The maximum absolute atomic E-state index is 4.49. The fraction of sp³-hybridized carbons (Fsp3) is 0.500. The van der Waals surface area contributed by atoms with Crippen LogP contribution in [0.3, 0.4) is 0 Å². The van der Waals surface area contributed by atoms with Crippen LogP contribution in [0.15, 0.2) is 48.8 Å². The van der Waals surface area contributed by atoms with E-state index in [9.17, 15) is 0 Å². The van der Waals surface area contributed by atoms with Crippen LogP contribution in [-0.4, -0.2) is 34.5 Å². The summed E-state index contributed by atoms with van der Waals surface area (Å²) in [6.07, 6.45) is 7.86. The molecular weight excluding hydrogens is 296 g/mol. The van der Waals surface area contributed by atoms with E-state index in [2.05, 4.69) is 38.4 Å². The van der Waals surface area contributed by atoms with Crippen LogP contribution in [0.4, 0.5) is 5.82 Å². The van der Waals surface area contributed by atoms with E-state index in [0.717, 1.165) is 36.7 Å². The highest BCUT2D eigenvalue weighted by molar-refractivity contribution is 5.33. The normalized spacial score (nSPS) is 26.9. The van der Waals surface area contributed by atoms with Crippen molar-refractivity contribution in [1.82, 2.24) is 14.9 Å². The van der Waals surface area contributed by atoms with Gasteiger partial charge in [-0.25, -0.2) is 4.98 Å². The lowest BCUT2D eigenvalue weighted by Crippen LogP contribution is -2.32. The molecule has 24 heavy (non-hydrogen) atoms. The zero-order valence-corrected chi connectivity index (χ0v) is 14.1. The van der Waals surface area contributed by atoms with Gasteiger partial charge < -0.3 is 5.32 Å². The molecule has 3 atom stereocenters. The Bertz CT molecular complexity index is 631. The van der Waals surface area contributed by atoms with Crippen molar-refractivity contribution < 1.29 is 0 Å². The fourth-order valence-corrected chi connectivity index (χ4v) is 4.49. The third kappa shape index (κ3) is 3.59. The summed E-state index contributed by atoms with van der Waals surface area (Å²) in [6, 6.07) is 12.3. The van der Waals surface area contributed by atoms with Gasteiger partial charge >= 0.3 is 0 Å². The minimum Gasteiger partial charge on any atom is -0.370 e. The molecule has 2 fully saturated rings. The minimum absolute atomic E-state index is 0.763. The molecule has 3 heterocycles. The smallest absolute Gasteiger partial charge is 0.125 e. The summed E-state index contributed by atoms with van der Waals surface area (Å²) >= 11 is 0. The van der Waals surface area contributed by atoms with Gasteiger partial charge in [0, 0.05) is 38.6 Å². The largest absolute Gasteiger partial charge is 0.370 e. The standard InChI is InChI=1S/C20H26N4/c1-3-10-21-18(8-1)14-24-13-17-7-5-6-16(19(17)15-24)12-23-20-9-2-4-11-22-20/h1-4,8-11,16-17,19H,5-7,12-15H2,(H,22,23)/t16-,17+,19+/m0/s1. The number of rotatable bonds is 5.